The summed E-state index contributed by atoms with van der Waals surface area (Å²) in [4.78, 5) is 24.3. The highest BCUT2D eigenvalue weighted by Gasteiger charge is 2.29. The van der Waals surface area contributed by atoms with E-state index in [-0.39, 0.29) is 22.9 Å². The maximum absolute atomic E-state index is 11.9. The fourth-order valence-corrected chi connectivity index (χ4v) is 4.53. The second-order valence-corrected chi connectivity index (χ2v) is 10.2. The van der Waals surface area contributed by atoms with Crippen LogP contribution in [-0.4, -0.2) is 60.6 Å². The molecule has 0 saturated carbocycles. The van der Waals surface area contributed by atoms with E-state index >= 15 is 0 Å². The smallest absolute Gasteiger partial charge is 0.353 e. The molecule has 2 aromatic carbocycles. The maximum Gasteiger partial charge on any atom is 0.353 e. The van der Waals surface area contributed by atoms with E-state index in [1.807, 2.05) is 23.1 Å². The summed E-state index contributed by atoms with van der Waals surface area (Å²) in [6.45, 7) is 3.88. The molecule has 178 valence electrons. The van der Waals surface area contributed by atoms with Crippen LogP contribution in [-0.2, 0) is 22.9 Å². The number of sulfone groups is 1. The first-order valence-corrected chi connectivity index (χ1v) is 12.7. The Bertz CT molecular complexity index is 1240. The summed E-state index contributed by atoms with van der Waals surface area (Å²) in [6, 6.07) is 16.6. The van der Waals surface area contributed by atoms with Crippen LogP contribution in [0.15, 0.2) is 65.8 Å². The molecule has 3 aromatic rings. The van der Waals surface area contributed by atoms with Crippen molar-refractivity contribution in [3.63, 3.8) is 0 Å². The predicted octanol–water partition coefficient (Wildman–Crippen LogP) is 2.72. The number of nitrogens with zero attached hydrogens (tertiary/aromatic N) is 5. The molecule has 11 heteroatoms. The van der Waals surface area contributed by atoms with E-state index in [1.54, 1.807) is 12.1 Å². The molecule has 0 aliphatic carbocycles. The fraction of sp³-hybridized carbons (Fsp3) is 0.304. The molecule has 1 aliphatic rings. The largest absolute Gasteiger partial charge is 0.360 e. The van der Waals surface area contributed by atoms with E-state index in [9.17, 15) is 18.5 Å². The van der Waals surface area contributed by atoms with Crippen LogP contribution in [0.4, 0.5) is 17.3 Å². The van der Waals surface area contributed by atoms with Crippen molar-refractivity contribution < 1.29 is 13.3 Å². The third-order valence-corrected chi connectivity index (χ3v) is 6.85. The predicted molar refractivity (Wildman–Crippen MR) is 129 cm³/mol. The van der Waals surface area contributed by atoms with Crippen LogP contribution < -0.4 is 10.2 Å². The lowest BCUT2D eigenvalue weighted by Crippen LogP contribution is -2.46. The molecular weight excluding hydrogens is 456 g/mol. The topological polar surface area (TPSA) is 122 Å². The van der Waals surface area contributed by atoms with Crippen molar-refractivity contribution in [3.05, 3.63) is 82.2 Å². The summed E-state index contributed by atoms with van der Waals surface area (Å²) in [6.07, 6.45) is 2.47. The third-order valence-electron chi connectivity index (χ3n) is 5.72. The van der Waals surface area contributed by atoms with Gasteiger partial charge in [0, 0.05) is 45.5 Å². The summed E-state index contributed by atoms with van der Waals surface area (Å²) in [5.41, 5.74) is 1.85. The van der Waals surface area contributed by atoms with E-state index in [4.69, 9.17) is 0 Å². The minimum atomic E-state index is -3.28. The van der Waals surface area contributed by atoms with Crippen molar-refractivity contribution in [2.75, 3.05) is 42.7 Å². The molecule has 4 rings (SSSR count). The Labute approximate surface area is 198 Å². The second-order valence-electron chi connectivity index (χ2n) is 8.17. The summed E-state index contributed by atoms with van der Waals surface area (Å²) < 4.78 is 23.3. The number of anilines is 2. The lowest BCUT2D eigenvalue weighted by Gasteiger charge is -2.35. The van der Waals surface area contributed by atoms with Gasteiger partial charge in [-0.05, 0) is 23.3 Å². The van der Waals surface area contributed by atoms with Crippen LogP contribution in [0.3, 0.4) is 0 Å². The van der Waals surface area contributed by atoms with Gasteiger partial charge in [0.05, 0.1) is 9.82 Å². The maximum atomic E-state index is 11.9. The van der Waals surface area contributed by atoms with Crippen LogP contribution >= 0.6 is 0 Å². The second kappa shape index (κ2) is 10.1. The van der Waals surface area contributed by atoms with Crippen molar-refractivity contribution >= 4 is 27.2 Å². The minimum Gasteiger partial charge on any atom is -0.360 e. The minimum absolute atomic E-state index is 0.133. The van der Waals surface area contributed by atoms with Crippen molar-refractivity contribution in [1.82, 2.24) is 14.9 Å². The quantitative estimate of drug-likeness (QED) is 0.381. The molecule has 1 fully saturated rings. The van der Waals surface area contributed by atoms with Gasteiger partial charge in [-0.1, -0.05) is 42.5 Å². The summed E-state index contributed by atoms with van der Waals surface area (Å²) in [7, 11) is -3.28. The molecule has 0 radical (unpaired) electrons. The normalized spacial score (nSPS) is 14.7. The van der Waals surface area contributed by atoms with Crippen molar-refractivity contribution in [2.24, 2.45) is 0 Å². The van der Waals surface area contributed by atoms with E-state index in [2.05, 4.69) is 32.3 Å². The summed E-state index contributed by atoms with van der Waals surface area (Å²) >= 11 is 0. The Kier molecular flexibility index (Phi) is 7.03. The first-order valence-electron chi connectivity index (χ1n) is 10.8. The Balaban J connectivity index is 1.44. The zero-order valence-corrected chi connectivity index (χ0v) is 19.6. The Morgan fingerprint density at radius 3 is 2.26 bits per heavy atom. The highest BCUT2D eigenvalue weighted by Crippen LogP contribution is 2.32. The molecule has 2 heterocycles. The van der Waals surface area contributed by atoms with Crippen LogP contribution in [0, 0.1) is 10.1 Å². The molecule has 1 saturated heterocycles. The van der Waals surface area contributed by atoms with Gasteiger partial charge < -0.3 is 10.2 Å². The zero-order valence-electron chi connectivity index (χ0n) is 18.8. The fourth-order valence-electron chi connectivity index (χ4n) is 3.90. The number of nitro groups is 1. The Morgan fingerprint density at radius 2 is 1.65 bits per heavy atom. The van der Waals surface area contributed by atoms with Gasteiger partial charge in [-0.3, -0.25) is 15.0 Å². The molecule has 1 N–H and O–H groups in total. The summed E-state index contributed by atoms with van der Waals surface area (Å²) in [5, 5.41) is 14.9. The molecular formula is C23H26N6O4S. The Hall–Kier alpha value is -3.57. The van der Waals surface area contributed by atoms with Crippen molar-refractivity contribution in [1.29, 1.82) is 0 Å². The number of piperazine rings is 1. The highest BCUT2D eigenvalue weighted by atomic mass is 32.2. The van der Waals surface area contributed by atoms with E-state index in [0.29, 0.717) is 18.9 Å². The van der Waals surface area contributed by atoms with Crippen LogP contribution in [0.2, 0.25) is 0 Å². The average molecular weight is 483 g/mol. The van der Waals surface area contributed by atoms with Gasteiger partial charge in [-0.2, -0.15) is 0 Å². The SMILES string of the molecule is CS(=O)(=O)c1ccc(CNc2ncnc(N3CCN(Cc4ccccc4)CC3)c2[N+](=O)[O-])cc1. The van der Waals surface area contributed by atoms with Crippen LogP contribution in [0.5, 0.6) is 0 Å². The van der Waals surface area contributed by atoms with E-state index in [0.717, 1.165) is 31.5 Å². The number of rotatable bonds is 8. The molecule has 0 bridgehead atoms. The zero-order chi connectivity index (χ0) is 24.1. The number of benzene rings is 2. The highest BCUT2D eigenvalue weighted by molar-refractivity contribution is 7.90. The van der Waals surface area contributed by atoms with Gasteiger partial charge in [-0.25, -0.2) is 18.4 Å². The van der Waals surface area contributed by atoms with Crippen molar-refractivity contribution in [3.8, 4) is 0 Å². The van der Waals surface area contributed by atoms with E-state index < -0.39 is 14.8 Å². The Morgan fingerprint density at radius 1 is 0.971 bits per heavy atom. The summed E-state index contributed by atoms with van der Waals surface area (Å²) in [5.74, 6) is 0.434. The van der Waals surface area contributed by atoms with E-state index in [1.165, 1.54) is 24.0 Å². The standard InChI is InChI=1S/C23H26N6O4S/c1-34(32,33)20-9-7-18(8-10-20)15-24-22-21(29(30)31)23(26-17-25-22)28-13-11-27(12-14-28)16-19-5-3-2-4-6-19/h2-10,17H,11-16H2,1H3,(H,24,25,26). The monoisotopic (exact) mass is 482 g/mol. The van der Waals surface area contributed by atoms with Gasteiger partial charge in [0.15, 0.2) is 9.84 Å². The number of hydrogen-bond acceptors (Lipinski definition) is 9. The molecule has 1 aliphatic heterocycles. The third kappa shape index (κ3) is 5.67. The number of hydrogen-bond donors (Lipinski definition) is 1. The van der Waals surface area contributed by atoms with Gasteiger partial charge in [-0.15, -0.1) is 0 Å². The van der Waals surface area contributed by atoms with Gasteiger partial charge in [0.25, 0.3) is 0 Å². The first-order chi connectivity index (χ1) is 16.3. The number of aromatic nitrogens is 2. The van der Waals surface area contributed by atoms with Gasteiger partial charge in [0.2, 0.25) is 11.6 Å². The van der Waals surface area contributed by atoms with Crippen molar-refractivity contribution in [2.45, 2.75) is 18.0 Å². The van der Waals surface area contributed by atoms with Gasteiger partial charge >= 0.3 is 5.69 Å². The molecule has 1 aromatic heterocycles. The molecule has 0 atom stereocenters. The lowest BCUT2D eigenvalue weighted by molar-refractivity contribution is -0.383. The molecule has 34 heavy (non-hydrogen) atoms. The molecule has 0 amide bonds. The average Bonchev–Trinajstić information content (AvgIpc) is 2.83. The lowest BCUT2D eigenvalue weighted by atomic mass is 10.2. The first kappa shape index (κ1) is 23.6. The molecule has 0 spiro atoms. The van der Waals surface area contributed by atoms with Crippen LogP contribution in [0.1, 0.15) is 11.1 Å². The van der Waals surface area contributed by atoms with Crippen LogP contribution in [0.25, 0.3) is 0 Å². The number of nitrogens with one attached hydrogen (secondary N) is 1. The molecule has 0 unspecified atom stereocenters. The molecule has 10 nitrogen and oxygen atoms in total. The van der Waals surface area contributed by atoms with Gasteiger partial charge in [0.1, 0.15) is 6.33 Å².